The second-order valence-electron chi connectivity index (χ2n) is 3.81. The molecule has 0 heterocycles. The predicted octanol–water partition coefficient (Wildman–Crippen LogP) is 0.868. The van der Waals surface area contributed by atoms with E-state index in [1.165, 1.54) is 0 Å². The number of hydrogen-bond acceptors (Lipinski definition) is 2. The Morgan fingerprint density at radius 1 is 1.45 bits per heavy atom. The zero-order valence-electron chi connectivity index (χ0n) is 6.87. The first-order chi connectivity index (χ1) is 4.96. The smallest absolute Gasteiger partial charge is 0.307 e. The molecule has 1 aliphatic carbocycles. The molecule has 3 nitrogen and oxygen atoms in total. The van der Waals surface area contributed by atoms with Gasteiger partial charge in [0.05, 0.1) is 12.0 Å². The van der Waals surface area contributed by atoms with Crippen LogP contribution in [0.3, 0.4) is 0 Å². The number of hydrogen-bond donors (Lipinski definition) is 2. The Hall–Kier alpha value is -0.570. The van der Waals surface area contributed by atoms with Crippen molar-refractivity contribution in [1.29, 1.82) is 0 Å². The molecule has 0 radical (unpaired) electrons. The second-order valence-corrected chi connectivity index (χ2v) is 3.81. The topological polar surface area (TPSA) is 57.5 Å². The van der Waals surface area contributed by atoms with Gasteiger partial charge in [0.1, 0.15) is 0 Å². The highest BCUT2D eigenvalue weighted by Gasteiger charge is 2.45. The van der Waals surface area contributed by atoms with Crippen LogP contribution in [0.1, 0.15) is 26.7 Å². The minimum absolute atomic E-state index is 0.377. The molecule has 0 aliphatic heterocycles. The summed E-state index contributed by atoms with van der Waals surface area (Å²) in [6.07, 6.45) is 0.761. The fraction of sp³-hybridized carbons (Fsp3) is 0.875. The van der Waals surface area contributed by atoms with Gasteiger partial charge in [-0.15, -0.1) is 0 Å². The lowest BCUT2D eigenvalue weighted by Gasteiger charge is -2.26. The summed E-state index contributed by atoms with van der Waals surface area (Å²) < 4.78 is 0. The molecule has 0 aromatic rings. The van der Waals surface area contributed by atoms with Crippen molar-refractivity contribution in [2.45, 2.75) is 32.8 Å². The van der Waals surface area contributed by atoms with E-state index >= 15 is 0 Å². The first-order valence-corrected chi connectivity index (χ1v) is 3.87. The Bertz CT molecular complexity index is 174. The Morgan fingerprint density at radius 2 is 2.00 bits per heavy atom. The Morgan fingerprint density at radius 3 is 2.18 bits per heavy atom. The van der Waals surface area contributed by atoms with Gasteiger partial charge < -0.3 is 10.2 Å². The van der Waals surface area contributed by atoms with Crippen LogP contribution in [0.15, 0.2) is 0 Å². The van der Waals surface area contributed by atoms with Gasteiger partial charge in [-0.1, -0.05) is 13.8 Å². The van der Waals surface area contributed by atoms with E-state index in [-0.39, 0.29) is 5.92 Å². The standard InChI is InChI=1S/C8H14O3/c1-8(2)5(7(10)11)3-4-6(8)9/h5-6,9H,3-4H2,1-2H3,(H,10,11)/t5-,6-/m1/s1. The Balaban J connectivity index is 2.78. The van der Waals surface area contributed by atoms with Crippen molar-refractivity contribution in [3.8, 4) is 0 Å². The van der Waals surface area contributed by atoms with E-state index in [0.717, 1.165) is 0 Å². The molecule has 1 saturated carbocycles. The van der Waals surface area contributed by atoms with Crippen molar-refractivity contribution in [3.05, 3.63) is 0 Å². The number of rotatable bonds is 1. The quantitative estimate of drug-likeness (QED) is 0.595. The zero-order chi connectivity index (χ0) is 8.65. The Kier molecular flexibility index (Phi) is 1.92. The van der Waals surface area contributed by atoms with E-state index in [0.29, 0.717) is 12.8 Å². The summed E-state index contributed by atoms with van der Waals surface area (Å²) in [7, 11) is 0. The van der Waals surface area contributed by atoms with Gasteiger partial charge in [0.15, 0.2) is 0 Å². The molecule has 0 amide bonds. The molecule has 0 saturated heterocycles. The number of aliphatic hydroxyl groups is 1. The molecule has 2 N–H and O–H groups in total. The van der Waals surface area contributed by atoms with Crippen LogP contribution < -0.4 is 0 Å². The van der Waals surface area contributed by atoms with Crippen LogP contribution in [0, 0.1) is 11.3 Å². The van der Waals surface area contributed by atoms with Crippen molar-refractivity contribution in [1.82, 2.24) is 0 Å². The average molecular weight is 158 g/mol. The lowest BCUT2D eigenvalue weighted by atomic mass is 9.80. The predicted molar refractivity (Wildman–Crippen MR) is 40.1 cm³/mol. The number of aliphatic carboxylic acids is 1. The molecule has 3 heteroatoms. The average Bonchev–Trinajstić information content (AvgIpc) is 2.08. The van der Waals surface area contributed by atoms with Gasteiger partial charge >= 0.3 is 5.97 Å². The third-order valence-electron chi connectivity index (χ3n) is 2.78. The van der Waals surface area contributed by atoms with Crippen molar-refractivity contribution in [3.63, 3.8) is 0 Å². The molecule has 2 atom stereocenters. The van der Waals surface area contributed by atoms with Crippen molar-refractivity contribution in [2.24, 2.45) is 11.3 Å². The summed E-state index contributed by atoms with van der Waals surface area (Å²) >= 11 is 0. The highest BCUT2D eigenvalue weighted by molar-refractivity contribution is 5.71. The van der Waals surface area contributed by atoms with Gasteiger partial charge in [0.25, 0.3) is 0 Å². The van der Waals surface area contributed by atoms with Crippen molar-refractivity contribution in [2.75, 3.05) is 0 Å². The molecule has 11 heavy (non-hydrogen) atoms. The van der Waals surface area contributed by atoms with Crippen molar-refractivity contribution < 1.29 is 15.0 Å². The summed E-state index contributed by atoms with van der Waals surface area (Å²) in [5.74, 6) is -1.16. The van der Waals surface area contributed by atoms with E-state index < -0.39 is 17.5 Å². The van der Waals surface area contributed by atoms with Gasteiger partial charge in [-0.2, -0.15) is 0 Å². The summed E-state index contributed by atoms with van der Waals surface area (Å²) in [5.41, 5.74) is -0.453. The van der Waals surface area contributed by atoms with Crippen LogP contribution >= 0.6 is 0 Å². The van der Waals surface area contributed by atoms with Gasteiger partial charge in [-0.25, -0.2) is 0 Å². The van der Waals surface area contributed by atoms with Crippen LogP contribution in [0.2, 0.25) is 0 Å². The third-order valence-corrected chi connectivity index (χ3v) is 2.78. The van der Waals surface area contributed by atoms with Gasteiger partial charge in [-0.05, 0) is 12.8 Å². The fourth-order valence-corrected chi connectivity index (χ4v) is 1.74. The van der Waals surface area contributed by atoms with E-state index in [2.05, 4.69) is 0 Å². The third kappa shape index (κ3) is 1.25. The molecule has 0 aromatic carbocycles. The van der Waals surface area contributed by atoms with E-state index in [1.54, 1.807) is 0 Å². The highest BCUT2D eigenvalue weighted by atomic mass is 16.4. The molecule has 0 aromatic heterocycles. The number of carboxylic acid groups (broad SMARTS) is 1. The normalized spacial score (nSPS) is 35.5. The maximum Gasteiger partial charge on any atom is 0.307 e. The van der Waals surface area contributed by atoms with Crippen molar-refractivity contribution >= 4 is 5.97 Å². The van der Waals surface area contributed by atoms with Gasteiger partial charge in [-0.3, -0.25) is 4.79 Å². The van der Waals surface area contributed by atoms with E-state index in [9.17, 15) is 9.90 Å². The lowest BCUT2D eigenvalue weighted by Crippen LogP contribution is -2.33. The molecule has 1 fully saturated rings. The summed E-state index contributed by atoms with van der Waals surface area (Å²) in [4.78, 5) is 10.7. The molecular weight excluding hydrogens is 144 g/mol. The first-order valence-electron chi connectivity index (χ1n) is 3.87. The molecular formula is C8H14O3. The number of aliphatic hydroxyl groups excluding tert-OH is 1. The number of carboxylic acids is 1. The molecule has 0 spiro atoms. The molecule has 1 aliphatic rings. The molecule has 1 rings (SSSR count). The summed E-state index contributed by atoms with van der Waals surface area (Å²) in [6.45, 7) is 3.62. The molecule has 0 unspecified atom stereocenters. The number of carbonyl (C=O) groups is 1. The van der Waals surface area contributed by atoms with Crippen LogP contribution in [0.25, 0.3) is 0 Å². The maximum atomic E-state index is 10.7. The highest BCUT2D eigenvalue weighted by Crippen LogP contribution is 2.42. The fourth-order valence-electron chi connectivity index (χ4n) is 1.74. The SMILES string of the molecule is CC1(C)[C@H](O)CC[C@@H]1C(=O)O. The molecule has 0 bridgehead atoms. The minimum Gasteiger partial charge on any atom is -0.481 e. The minimum atomic E-state index is -0.786. The van der Waals surface area contributed by atoms with Gasteiger partial charge in [0.2, 0.25) is 0 Å². The van der Waals surface area contributed by atoms with E-state index in [4.69, 9.17) is 5.11 Å². The van der Waals surface area contributed by atoms with Crippen LogP contribution in [0.5, 0.6) is 0 Å². The second kappa shape index (κ2) is 2.48. The monoisotopic (exact) mass is 158 g/mol. The van der Waals surface area contributed by atoms with Crippen LogP contribution in [-0.2, 0) is 4.79 Å². The summed E-state index contributed by atoms with van der Waals surface area (Å²) in [5, 5.41) is 18.2. The maximum absolute atomic E-state index is 10.7. The van der Waals surface area contributed by atoms with Crippen LogP contribution in [0.4, 0.5) is 0 Å². The van der Waals surface area contributed by atoms with Gasteiger partial charge in [0, 0.05) is 5.41 Å². The summed E-state index contributed by atoms with van der Waals surface area (Å²) in [6, 6.07) is 0. The first kappa shape index (κ1) is 8.53. The lowest BCUT2D eigenvalue weighted by molar-refractivity contribution is -0.146. The molecule has 64 valence electrons. The largest absolute Gasteiger partial charge is 0.481 e. The van der Waals surface area contributed by atoms with E-state index in [1.807, 2.05) is 13.8 Å². The van der Waals surface area contributed by atoms with Crippen LogP contribution in [-0.4, -0.2) is 22.3 Å². The zero-order valence-corrected chi connectivity index (χ0v) is 6.87. The Labute approximate surface area is 66.0 Å².